The Hall–Kier alpha value is -0.0800. The second kappa shape index (κ2) is 7.34. The van der Waals surface area contributed by atoms with E-state index in [1.54, 1.807) is 7.11 Å². The molecule has 1 rings (SSSR count). The highest BCUT2D eigenvalue weighted by Gasteiger charge is 2.13. The first-order valence-electron chi connectivity index (χ1n) is 5.63. The van der Waals surface area contributed by atoms with Crippen molar-refractivity contribution >= 4 is 0 Å². The molecule has 0 heterocycles. The van der Waals surface area contributed by atoms with Crippen molar-refractivity contribution < 1.29 is 4.74 Å². The predicted octanol–water partition coefficient (Wildman–Crippen LogP) is 2.19. The van der Waals surface area contributed by atoms with E-state index < -0.39 is 0 Å². The van der Waals surface area contributed by atoms with Gasteiger partial charge >= 0.3 is 0 Å². The molecule has 0 aromatic rings. The first kappa shape index (κ1) is 11.0. The molecule has 0 aromatic carbocycles. The Morgan fingerprint density at radius 1 is 1.23 bits per heavy atom. The maximum Gasteiger partial charge on any atom is 0.0474 e. The molecule has 1 aliphatic rings. The molecule has 0 aliphatic heterocycles. The normalized spacial score (nSPS) is 18.2. The minimum absolute atomic E-state index is 0.885. The van der Waals surface area contributed by atoms with Gasteiger partial charge in [-0.15, -0.1) is 0 Å². The topological polar surface area (TPSA) is 21.3 Å². The van der Waals surface area contributed by atoms with Crippen molar-refractivity contribution in [1.29, 1.82) is 0 Å². The average molecular weight is 185 g/mol. The van der Waals surface area contributed by atoms with E-state index in [0.29, 0.717) is 0 Å². The van der Waals surface area contributed by atoms with Crippen LogP contribution in [0, 0.1) is 5.92 Å². The molecule has 0 amide bonds. The van der Waals surface area contributed by atoms with Crippen LogP contribution in [-0.2, 0) is 4.74 Å². The highest BCUT2D eigenvalue weighted by Crippen LogP contribution is 2.26. The van der Waals surface area contributed by atoms with Gasteiger partial charge in [0.05, 0.1) is 0 Å². The van der Waals surface area contributed by atoms with E-state index in [4.69, 9.17) is 4.74 Å². The maximum absolute atomic E-state index is 4.98. The Morgan fingerprint density at radius 3 is 2.69 bits per heavy atom. The fraction of sp³-hybridized carbons (Fsp3) is 1.00. The standard InChI is InChI=1S/C11H23NO/c1-13-10-4-8-12-9-7-11-5-2-3-6-11/h11-12H,2-10H2,1H3. The van der Waals surface area contributed by atoms with Crippen LogP contribution in [0.3, 0.4) is 0 Å². The van der Waals surface area contributed by atoms with Gasteiger partial charge in [-0.05, 0) is 31.8 Å². The minimum atomic E-state index is 0.885. The quantitative estimate of drug-likeness (QED) is 0.614. The largest absolute Gasteiger partial charge is 0.385 e. The van der Waals surface area contributed by atoms with Gasteiger partial charge in [0.2, 0.25) is 0 Å². The molecule has 1 aliphatic carbocycles. The van der Waals surface area contributed by atoms with Gasteiger partial charge in [0.25, 0.3) is 0 Å². The summed E-state index contributed by atoms with van der Waals surface area (Å²) < 4.78 is 4.98. The van der Waals surface area contributed by atoms with Gasteiger partial charge in [-0.2, -0.15) is 0 Å². The Kier molecular flexibility index (Phi) is 6.21. The summed E-state index contributed by atoms with van der Waals surface area (Å²) >= 11 is 0. The number of nitrogens with one attached hydrogen (secondary N) is 1. The number of ether oxygens (including phenoxy) is 1. The van der Waals surface area contributed by atoms with E-state index in [1.165, 1.54) is 38.6 Å². The lowest BCUT2D eigenvalue weighted by atomic mass is 10.0. The number of hydrogen-bond acceptors (Lipinski definition) is 2. The van der Waals surface area contributed by atoms with Crippen LogP contribution in [0.15, 0.2) is 0 Å². The number of hydrogen-bond donors (Lipinski definition) is 1. The third-order valence-electron chi connectivity index (χ3n) is 2.91. The zero-order chi connectivity index (χ0) is 9.36. The predicted molar refractivity (Wildman–Crippen MR) is 55.9 cm³/mol. The minimum Gasteiger partial charge on any atom is -0.385 e. The summed E-state index contributed by atoms with van der Waals surface area (Å²) in [6.07, 6.45) is 8.40. The van der Waals surface area contributed by atoms with Crippen molar-refractivity contribution in [2.75, 3.05) is 26.8 Å². The van der Waals surface area contributed by atoms with Crippen LogP contribution >= 0.6 is 0 Å². The molecule has 2 heteroatoms. The molecule has 78 valence electrons. The SMILES string of the molecule is COCCCNCCC1CCCC1. The molecule has 13 heavy (non-hydrogen) atoms. The van der Waals surface area contributed by atoms with Crippen LogP contribution < -0.4 is 5.32 Å². The molecule has 1 saturated carbocycles. The van der Waals surface area contributed by atoms with Crippen LogP contribution in [0.2, 0.25) is 0 Å². The fourth-order valence-corrected chi connectivity index (χ4v) is 2.07. The third kappa shape index (κ3) is 5.27. The van der Waals surface area contributed by atoms with Crippen molar-refractivity contribution in [2.45, 2.75) is 38.5 Å². The van der Waals surface area contributed by atoms with Crippen molar-refractivity contribution in [3.8, 4) is 0 Å². The zero-order valence-electron chi connectivity index (χ0n) is 8.85. The molecule has 1 N–H and O–H groups in total. The van der Waals surface area contributed by atoms with E-state index in [1.807, 2.05) is 0 Å². The van der Waals surface area contributed by atoms with E-state index in [0.717, 1.165) is 25.5 Å². The summed E-state index contributed by atoms with van der Waals surface area (Å²) in [6.45, 7) is 3.20. The molecule has 2 nitrogen and oxygen atoms in total. The van der Waals surface area contributed by atoms with Gasteiger partial charge in [0, 0.05) is 13.7 Å². The molecule has 1 fully saturated rings. The van der Waals surface area contributed by atoms with Gasteiger partial charge in [-0.1, -0.05) is 25.7 Å². The molecule has 0 aromatic heterocycles. The van der Waals surface area contributed by atoms with Crippen molar-refractivity contribution in [3.63, 3.8) is 0 Å². The van der Waals surface area contributed by atoms with E-state index in [-0.39, 0.29) is 0 Å². The van der Waals surface area contributed by atoms with Crippen LogP contribution in [0.5, 0.6) is 0 Å². The Labute approximate surface area is 82.0 Å². The van der Waals surface area contributed by atoms with E-state index >= 15 is 0 Å². The van der Waals surface area contributed by atoms with Crippen molar-refractivity contribution in [3.05, 3.63) is 0 Å². The molecule has 0 spiro atoms. The fourth-order valence-electron chi connectivity index (χ4n) is 2.07. The van der Waals surface area contributed by atoms with Gasteiger partial charge in [0.1, 0.15) is 0 Å². The number of methoxy groups -OCH3 is 1. The third-order valence-corrected chi connectivity index (χ3v) is 2.91. The molecule has 0 atom stereocenters. The summed E-state index contributed by atoms with van der Waals surface area (Å²) in [5, 5.41) is 3.47. The lowest BCUT2D eigenvalue weighted by molar-refractivity contribution is 0.194. The Balaban J connectivity index is 1.78. The first-order chi connectivity index (χ1) is 6.43. The van der Waals surface area contributed by atoms with Gasteiger partial charge in [0.15, 0.2) is 0 Å². The summed E-state index contributed by atoms with van der Waals surface area (Å²) in [5.74, 6) is 1.02. The summed E-state index contributed by atoms with van der Waals surface area (Å²) in [4.78, 5) is 0. The Bertz CT molecular complexity index is 111. The maximum atomic E-state index is 4.98. The average Bonchev–Trinajstić information content (AvgIpc) is 2.63. The molecular formula is C11H23NO. The molecule has 0 saturated heterocycles. The second-order valence-corrected chi connectivity index (χ2v) is 4.04. The lowest BCUT2D eigenvalue weighted by Gasteiger charge is -2.09. The van der Waals surface area contributed by atoms with Gasteiger partial charge < -0.3 is 10.1 Å². The summed E-state index contributed by atoms with van der Waals surface area (Å²) in [7, 11) is 1.76. The molecule has 0 unspecified atom stereocenters. The highest BCUT2D eigenvalue weighted by atomic mass is 16.5. The summed E-state index contributed by atoms with van der Waals surface area (Å²) in [5.41, 5.74) is 0. The van der Waals surface area contributed by atoms with E-state index in [2.05, 4.69) is 5.32 Å². The zero-order valence-corrected chi connectivity index (χ0v) is 8.85. The van der Waals surface area contributed by atoms with Crippen molar-refractivity contribution in [2.24, 2.45) is 5.92 Å². The molecular weight excluding hydrogens is 162 g/mol. The second-order valence-electron chi connectivity index (χ2n) is 4.04. The van der Waals surface area contributed by atoms with Crippen LogP contribution in [0.1, 0.15) is 38.5 Å². The summed E-state index contributed by atoms with van der Waals surface area (Å²) in [6, 6.07) is 0. The Morgan fingerprint density at radius 2 is 2.00 bits per heavy atom. The van der Waals surface area contributed by atoms with Crippen molar-refractivity contribution in [1.82, 2.24) is 5.32 Å². The molecule has 0 bridgehead atoms. The highest BCUT2D eigenvalue weighted by molar-refractivity contribution is 4.67. The van der Waals surface area contributed by atoms with Crippen LogP contribution in [0.4, 0.5) is 0 Å². The lowest BCUT2D eigenvalue weighted by Crippen LogP contribution is -2.19. The number of rotatable bonds is 7. The molecule has 0 radical (unpaired) electrons. The van der Waals surface area contributed by atoms with Gasteiger partial charge in [-0.25, -0.2) is 0 Å². The van der Waals surface area contributed by atoms with Crippen LogP contribution in [0.25, 0.3) is 0 Å². The smallest absolute Gasteiger partial charge is 0.0474 e. The van der Waals surface area contributed by atoms with Crippen LogP contribution in [-0.4, -0.2) is 26.8 Å². The van der Waals surface area contributed by atoms with Gasteiger partial charge in [-0.3, -0.25) is 0 Å². The monoisotopic (exact) mass is 185 g/mol. The van der Waals surface area contributed by atoms with E-state index in [9.17, 15) is 0 Å². The first-order valence-corrected chi connectivity index (χ1v) is 5.63.